The molecule has 16 heavy (non-hydrogen) atoms. The van der Waals surface area contributed by atoms with Crippen molar-refractivity contribution >= 4 is 5.91 Å². The zero-order valence-electron chi connectivity index (χ0n) is 10.2. The Morgan fingerprint density at radius 1 is 1.31 bits per heavy atom. The Morgan fingerprint density at radius 2 is 1.88 bits per heavy atom. The first kappa shape index (κ1) is 12.7. The van der Waals surface area contributed by atoms with E-state index in [2.05, 4.69) is 5.32 Å². The SMILES string of the molecule is Cc1ccc(CNC(=O)[C@@H](N)C(C)C)cc1. The zero-order valence-corrected chi connectivity index (χ0v) is 10.2. The van der Waals surface area contributed by atoms with Crippen LogP contribution in [0.15, 0.2) is 24.3 Å². The predicted octanol–water partition coefficient (Wildman–Crippen LogP) is 1.59. The summed E-state index contributed by atoms with van der Waals surface area (Å²) in [5, 5.41) is 2.84. The molecule has 0 fully saturated rings. The normalized spacial score (nSPS) is 12.6. The molecule has 1 rings (SSSR count). The van der Waals surface area contributed by atoms with Crippen molar-refractivity contribution in [2.24, 2.45) is 11.7 Å². The largest absolute Gasteiger partial charge is 0.351 e. The van der Waals surface area contributed by atoms with Crippen LogP contribution in [0.5, 0.6) is 0 Å². The molecule has 3 heteroatoms. The molecule has 0 aliphatic heterocycles. The number of carbonyl (C=O) groups is 1. The van der Waals surface area contributed by atoms with Crippen molar-refractivity contribution in [1.29, 1.82) is 0 Å². The molecule has 0 radical (unpaired) electrons. The van der Waals surface area contributed by atoms with Crippen LogP contribution >= 0.6 is 0 Å². The lowest BCUT2D eigenvalue weighted by Gasteiger charge is -2.15. The van der Waals surface area contributed by atoms with Gasteiger partial charge in [0.2, 0.25) is 5.91 Å². The van der Waals surface area contributed by atoms with Crippen LogP contribution in [0.4, 0.5) is 0 Å². The van der Waals surface area contributed by atoms with Crippen LogP contribution in [0.3, 0.4) is 0 Å². The fraction of sp³-hybridized carbons (Fsp3) is 0.462. The average Bonchev–Trinajstić information content (AvgIpc) is 2.26. The molecule has 0 aliphatic rings. The average molecular weight is 220 g/mol. The number of amides is 1. The van der Waals surface area contributed by atoms with Crippen LogP contribution in [0, 0.1) is 12.8 Å². The minimum atomic E-state index is -0.426. The van der Waals surface area contributed by atoms with Gasteiger partial charge in [0.1, 0.15) is 0 Å². The van der Waals surface area contributed by atoms with Crippen LogP contribution in [0.1, 0.15) is 25.0 Å². The van der Waals surface area contributed by atoms with E-state index in [-0.39, 0.29) is 11.8 Å². The third-order valence-electron chi connectivity index (χ3n) is 2.61. The van der Waals surface area contributed by atoms with Crippen LogP contribution in [-0.4, -0.2) is 11.9 Å². The maximum Gasteiger partial charge on any atom is 0.237 e. The lowest BCUT2D eigenvalue weighted by Crippen LogP contribution is -2.43. The van der Waals surface area contributed by atoms with Crippen molar-refractivity contribution in [2.45, 2.75) is 33.4 Å². The molecule has 0 aromatic heterocycles. The van der Waals surface area contributed by atoms with E-state index in [0.29, 0.717) is 6.54 Å². The highest BCUT2D eigenvalue weighted by molar-refractivity contribution is 5.81. The quantitative estimate of drug-likeness (QED) is 0.809. The van der Waals surface area contributed by atoms with Gasteiger partial charge in [0, 0.05) is 6.54 Å². The Kier molecular flexibility index (Phi) is 4.50. The van der Waals surface area contributed by atoms with Gasteiger partial charge in [-0.2, -0.15) is 0 Å². The highest BCUT2D eigenvalue weighted by atomic mass is 16.2. The van der Waals surface area contributed by atoms with Crippen molar-refractivity contribution in [2.75, 3.05) is 0 Å². The van der Waals surface area contributed by atoms with Crippen molar-refractivity contribution in [3.05, 3.63) is 35.4 Å². The molecular formula is C13H20N2O. The molecule has 3 N–H and O–H groups in total. The highest BCUT2D eigenvalue weighted by Gasteiger charge is 2.16. The first-order valence-corrected chi connectivity index (χ1v) is 5.59. The lowest BCUT2D eigenvalue weighted by atomic mass is 10.0. The predicted molar refractivity (Wildman–Crippen MR) is 65.8 cm³/mol. The number of rotatable bonds is 4. The second kappa shape index (κ2) is 5.66. The summed E-state index contributed by atoms with van der Waals surface area (Å²) in [4.78, 5) is 11.6. The molecule has 1 atom stereocenters. The number of nitrogens with one attached hydrogen (secondary N) is 1. The molecule has 1 aromatic rings. The Hall–Kier alpha value is -1.35. The van der Waals surface area contributed by atoms with E-state index in [1.165, 1.54) is 5.56 Å². The van der Waals surface area contributed by atoms with E-state index in [4.69, 9.17) is 5.73 Å². The summed E-state index contributed by atoms with van der Waals surface area (Å²) in [7, 11) is 0. The number of hydrogen-bond acceptors (Lipinski definition) is 2. The standard InChI is InChI=1S/C13H20N2O/c1-9(2)12(14)13(16)15-8-11-6-4-10(3)5-7-11/h4-7,9,12H,8,14H2,1-3H3,(H,15,16)/t12-/m0/s1. The number of hydrogen-bond donors (Lipinski definition) is 2. The third kappa shape index (κ3) is 3.66. The number of carbonyl (C=O) groups excluding carboxylic acids is 1. The summed E-state index contributed by atoms with van der Waals surface area (Å²) >= 11 is 0. The number of aryl methyl sites for hydroxylation is 1. The smallest absolute Gasteiger partial charge is 0.237 e. The van der Waals surface area contributed by atoms with Gasteiger partial charge in [0.15, 0.2) is 0 Å². The molecule has 88 valence electrons. The van der Waals surface area contributed by atoms with E-state index in [1.54, 1.807) is 0 Å². The molecule has 0 saturated heterocycles. The Labute approximate surface area is 97.0 Å². The van der Waals surface area contributed by atoms with E-state index in [0.717, 1.165) is 5.56 Å². The number of nitrogens with two attached hydrogens (primary N) is 1. The van der Waals surface area contributed by atoms with Gasteiger partial charge in [0.05, 0.1) is 6.04 Å². The van der Waals surface area contributed by atoms with Crippen molar-refractivity contribution in [1.82, 2.24) is 5.32 Å². The topological polar surface area (TPSA) is 55.1 Å². The molecule has 0 bridgehead atoms. The minimum Gasteiger partial charge on any atom is -0.351 e. The monoisotopic (exact) mass is 220 g/mol. The Bertz CT molecular complexity index is 343. The highest BCUT2D eigenvalue weighted by Crippen LogP contribution is 2.03. The van der Waals surface area contributed by atoms with Crippen molar-refractivity contribution in [3.8, 4) is 0 Å². The van der Waals surface area contributed by atoms with Gasteiger partial charge in [-0.25, -0.2) is 0 Å². The fourth-order valence-electron chi connectivity index (χ4n) is 1.32. The van der Waals surface area contributed by atoms with Crippen LogP contribution in [0.2, 0.25) is 0 Å². The molecule has 1 aromatic carbocycles. The summed E-state index contributed by atoms with van der Waals surface area (Å²) in [6, 6.07) is 7.66. The van der Waals surface area contributed by atoms with Crippen LogP contribution < -0.4 is 11.1 Å². The molecule has 0 unspecified atom stereocenters. The van der Waals surface area contributed by atoms with Gasteiger partial charge in [-0.3, -0.25) is 4.79 Å². The second-order valence-electron chi connectivity index (χ2n) is 4.47. The van der Waals surface area contributed by atoms with E-state index >= 15 is 0 Å². The van der Waals surface area contributed by atoms with Gasteiger partial charge >= 0.3 is 0 Å². The van der Waals surface area contributed by atoms with Gasteiger partial charge in [-0.05, 0) is 18.4 Å². The van der Waals surface area contributed by atoms with E-state index < -0.39 is 6.04 Å². The summed E-state index contributed by atoms with van der Waals surface area (Å²) in [6.45, 7) is 6.46. The van der Waals surface area contributed by atoms with Crippen LogP contribution in [-0.2, 0) is 11.3 Å². The molecule has 0 saturated carbocycles. The lowest BCUT2D eigenvalue weighted by molar-refractivity contribution is -0.123. The van der Waals surface area contributed by atoms with Gasteiger partial charge in [-0.15, -0.1) is 0 Å². The summed E-state index contributed by atoms with van der Waals surface area (Å²) in [6.07, 6.45) is 0. The zero-order chi connectivity index (χ0) is 12.1. The van der Waals surface area contributed by atoms with Crippen LogP contribution in [0.25, 0.3) is 0 Å². The molecule has 0 heterocycles. The van der Waals surface area contributed by atoms with Crippen molar-refractivity contribution in [3.63, 3.8) is 0 Å². The van der Waals surface area contributed by atoms with Gasteiger partial charge in [0.25, 0.3) is 0 Å². The maximum absolute atomic E-state index is 11.6. The second-order valence-corrected chi connectivity index (χ2v) is 4.47. The third-order valence-corrected chi connectivity index (χ3v) is 2.61. The Morgan fingerprint density at radius 3 is 2.38 bits per heavy atom. The first-order valence-electron chi connectivity index (χ1n) is 5.59. The summed E-state index contributed by atoms with van der Waals surface area (Å²) in [5.41, 5.74) is 8.05. The maximum atomic E-state index is 11.6. The molecule has 0 spiro atoms. The fourth-order valence-corrected chi connectivity index (χ4v) is 1.32. The van der Waals surface area contributed by atoms with Gasteiger partial charge < -0.3 is 11.1 Å². The summed E-state index contributed by atoms with van der Waals surface area (Å²) < 4.78 is 0. The van der Waals surface area contributed by atoms with Gasteiger partial charge in [-0.1, -0.05) is 43.7 Å². The minimum absolute atomic E-state index is 0.0874. The Balaban J connectivity index is 2.46. The van der Waals surface area contributed by atoms with E-state index in [1.807, 2.05) is 45.0 Å². The number of benzene rings is 1. The molecular weight excluding hydrogens is 200 g/mol. The molecule has 0 aliphatic carbocycles. The molecule has 3 nitrogen and oxygen atoms in total. The summed E-state index contributed by atoms with van der Waals surface area (Å²) in [5.74, 6) is 0.0774. The molecule has 1 amide bonds. The van der Waals surface area contributed by atoms with Crippen molar-refractivity contribution < 1.29 is 4.79 Å². The first-order chi connectivity index (χ1) is 7.50. The van der Waals surface area contributed by atoms with E-state index in [9.17, 15) is 4.79 Å².